The van der Waals surface area contributed by atoms with E-state index in [-0.39, 0.29) is 35.2 Å². The molecular weight excluding hydrogens is 592 g/mol. The van der Waals surface area contributed by atoms with Crippen LogP contribution in [-0.4, -0.2) is 23.1 Å². The van der Waals surface area contributed by atoms with Crippen LogP contribution in [0.4, 0.5) is 0 Å². The second-order valence-electron chi connectivity index (χ2n) is 9.55. The molecule has 4 nitrogen and oxygen atoms in total. The van der Waals surface area contributed by atoms with Gasteiger partial charge in [-0.05, 0) is 25.7 Å². The van der Waals surface area contributed by atoms with E-state index in [2.05, 4.69) is 0 Å². The van der Waals surface area contributed by atoms with Crippen molar-refractivity contribution in [3.05, 3.63) is 70.8 Å². The van der Waals surface area contributed by atoms with E-state index in [1.165, 1.54) is 0 Å². The summed E-state index contributed by atoms with van der Waals surface area (Å²) >= 11 is 0. The van der Waals surface area contributed by atoms with Gasteiger partial charge in [0, 0.05) is 45.9 Å². The quantitative estimate of drug-likeness (QED) is 0.239. The third-order valence-corrected chi connectivity index (χ3v) is 7.83. The van der Waals surface area contributed by atoms with Crippen molar-refractivity contribution in [1.29, 1.82) is 0 Å². The molecule has 3 fully saturated rings. The van der Waals surface area contributed by atoms with E-state index < -0.39 is 0 Å². The van der Waals surface area contributed by atoms with Gasteiger partial charge in [0.15, 0.2) is 11.6 Å². The molecule has 0 amide bonds. The molecule has 0 aliphatic heterocycles. The predicted octanol–water partition coefficient (Wildman–Crippen LogP) is 13.4. The van der Waals surface area contributed by atoms with Gasteiger partial charge < -0.3 is 0 Å². The second-order valence-corrected chi connectivity index (χ2v) is 9.55. The molecule has 4 unspecified atom stereocenters. The zero-order valence-corrected chi connectivity index (χ0v) is 34.2. The maximum atomic E-state index is 12.4. The highest BCUT2D eigenvalue weighted by Gasteiger charge is 2.49. The number of benzene rings is 2. The molecule has 48 heavy (non-hydrogen) atoms. The summed E-state index contributed by atoms with van der Waals surface area (Å²) in [6.07, 6.45) is 8.54. The Morgan fingerprint density at radius 2 is 0.500 bits per heavy atom. The summed E-state index contributed by atoms with van der Waals surface area (Å²) in [5.74, 6) is 1.22. The van der Waals surface area contributed by atoms with Crippen LogP contribution < -0.4 is 0 Å². The van der Waals surface area contributed by atoms with Crippen molar-refractivity contribution >= 4 is 23.1 Å². The largest absolute Gasteiger partial charge is 0.299 e. The number of carbonyl (C=O) groups excluding carboxylic acids is 4. The van der Waals surface area contributed by atoms with Gasteiger partial charge >= 0.3 is 0 Å². The molecule has 3 saturated carbocycles. The zero-order chi connectivity index (χ0) is 38.2. The summed E-state index contributed by atoms with van der Waals surface area (Å²) in [5, 5.41) is 0. The topological polar surface area (TPSA) is 68.3 Å². The first-order valence-electron chi connectivity index (χ1n) is 19.9. The van der Waals surface area contributed by atoms with Gasteiger partial charge in [-0.1, -0.05) is 185 Å². The van der Waals surface area contributed by atoms with E-state index in [1.807, 2.05) is 111 Å². The minimum atomic E-state index is -0.0641. The zero-order valence-electron chi connectivity index (χ0n) is 34.2. The highest BCUT2D eigenvalue weighted by Crippen LogP contribution is 2.46. The minimum Gasteiger partial charge on any atom is -0.299 e. The predicted molar refractivity (Wildman–Crippen MR) is 211 cm³/mol. The van der Waals surface area contributed by atoms with E-state index >= 15 is 0 Å². The van der Waals surface area contributed by atoms with Gasteiger partial charge in [0.25, 0.3) is 0 Å². The third kappa shape index (κ3) is 14.3. The fourth-order valence-electron chi connectivity index (χ4n) is 6.22. The van der Waals surface area contributed by atoms with Crippen LogP contribution in [0.1, 0.15) is 194 Å². The van der Waals surface area contributed by atoms with Crippen molar-refractivity contribution in [2.75, 3.05) is 0 Å². The fourth-order valence-corrected chi connectivity index (χ4v) is 6.22. The van der Waals surface area contributed by atoms with Crippen LogP contribution >= 0.6 is 0 Å². The third-order valence-electron chi connectivity index (χ3n) is 7.83. The first-order valence-corrected chi connectivity index (χ1v) is 19.9. The Bertz CT molecular complexity index is 935. The van der Waals surface area contributed by atoms with Crippen molar-refractivity contribution in [1.82, 2.24) is 0 Å². The summed E-state index contributed by atoms with van der Waals surface area (Å²) < 4.78 is 0. The smallest absolute Gasteiger partial charge is 0.194 e. The lowest BCUT2D eigenvalue weighted by molar-refractivity contribution is -0.150. The monoisotopic (exact) mass is 669 g/mol. The Morgan fingerprint density at radius 3 is 0.667 bits per heavy atom. The molecule has 2 aromatic carbocycles. The highest BCUT2D eigenvalue weighted by atomic mass is 16.1. The van der Waals surface area contributed by atoms with Gasteiger partial charge in [-0.2, -0.15) is 0 Å². The molecule has 4 aliphatic carbocycles. The number of ketones is 4. The van der Waals surface area contributed by atoms with Crippen LogP contribution in [0.5, 0.6) is 0 Å². The lowest BCUT2D eigenvalue weighted by atomic mass is 9.58. The summed E-state index contributed by atoms with van der Waals surface area (Å²) in [6.45, 7) is 32.0. The summed E-state index contributed by atoms with van der Waals surface area (Å²) in [5.41, 5.74) is 2.02. The summed E-state index contributed by atoms with van der Waals surface area (Å²) in [4.78, 5) is 49.0. The Hall–Kier alpha value is -2.88. The lowest BCUT2D eigenvalue weighted by Gasteiger charge is -2.43. The number of Topliss-reactive ketones (excluding diaryl/α,β-unsaturated/α-hetero) is 2. The molecule has 0 aromatic heterocycles. The summed E-state index contributed by atoms with van der Waals surface area (Å²) in [7, 11) is 0. The molecule has 4 heteroatoms. The fraction of sp³-hybridized carbons (Fsp3) is 0.636. The Morgan fingerprint density at radius 1 is 0.333 bits per heavy atom. The lowest BCUT2D eigenvalue weighted by Crippen LogP contribution is -2.49. The minimum absolute atomic E-state index is 0.0641. The molecule has 0 radical (unpaired) electrons. The molecule has 0 spiro atoms. The van der Waals surface area contributed by atoms with E-state index in [4.69, 9.17) is 0 Å². The number of rotatable bonds is 0. The molecule has 2 aromatic rings. The van der Waals surface area contributed by atoms with Gasteiger partial charge in [0.05, 0.1) is 0 Å². The summed E-state index contributed by atoms with van der Waals surface area (Å²) in [6, 6.07) is 13.9. The molecule has 4 aliphatic rings. The molecule has 0 heterocycles. The average molecular weight is 669 g/mol. The molecule has 6 rings (SSSR count). The van der Waals surface area contributed by atoms with E-state index in [0.717, 1.165) is 51.4 Å². The molecule has 0 bridgehead atoms. The van der Waals surface area contributed by atoms with Gasteiger partial charge in [-0.25, -0.2) is 0 Å². The van der Waals surface area contributed by atoms with Gasteiger partial charge in [0.1, 0.15) is 11.6 Å². The standard InChI is InChI=1S/C14H20O2.C14H8O2.8C2H6/c2*15-13-9-5-1-2-6-10(9)14(16)12-8-4-3-7-11(12)13;8*1-2/h9-12H,1-8H2;1-8H;8*1-2H3. The second kappa shape index (κ2) is 34.0. The Labute approximate surface area is 298 Å². The van der Waals surface area contributed by atoms with Gasteiger partial charge in [0.2, 0.25) is 0 Å². The van der Waals surface area contributed by atoms with Gasteiger partial charge in [-0.15, -0.1) is 0 Å². The van der Waals surface area contributed by atoms with Crippen LogP contribution in [0, 0.1) is 23.7 Å². The molecule has 276 valence electrons. The van der Waals surface area contributed by atoms with Crippen LogP contribution in [0.25, 0.3) is 0 Å². The van der Waals surface area contributed by atoms with Crippen LogP contribution in [0.15, 0.2) is 48.5 Å². The maximum Gasteiger partial charge on any atom is 0.194 e. The molecule has 0 saturated heterocycles. The van der Waals surface area contributed by atoms with Crippen molar-refractivity contribution in [2.45, 2.75) is 162 Å². The first-order chi connectivity index (χ1) is 23.6. The normalized spacial score (nSPS) is 20.0. The number of fused-ring (bicyclic) bond motifs is 4. The SMILES string of the molecule is CC.CC.CC.CC.CC.CC.CC.CC.O=C1C2CCCCC2C(=O)C2CCCCC12.O=C1c2ccccc2C(=O)c2ccccc21. The molecule has 0 N–H and O–H groups in total. The van der Waals surface area contributed by atoms with E-state index in [0.29, 0.717) is 33.8 Å². The Balaban J connectivity index is -0.000000286. The maximum absolute atomic E-state index is 12.4. The van der Waals surface area contributed by atoms with Crippen LogP contribution in [-0.2, 0) is 9.59 Å². The van der Waals surface area contributed by atoms with E-state index in [9.17, 15) is 19.2 Å². The van der Waals surface area contributed by atoms with Crippen molar-refractivity contribution < 1.29 is 19.2 Å². The van der Waals surface area contributed by atoms with Crippen molar-refractivity contribution in [3.8, 4) is 0 Å². The van der Waals surface area contributed by atoms with Crippen molar-refractivity contribution in [2.24, 2.45) is 23.7 Å². The number of hydrogen-bond acceptors (Lipinski definition) is 4. The van der Waals surface area contributed by atoms with Crippen LogP contribution in [0.3, 0.4) is 0 Å². The van der Waals surface area contributed by atoms with E-state index in [1.54, 1.807) is 48.5 Å². The average Bonchev–Trinajstić information content (AvgIpc) is 3.22. The number of hydrogen-bond donors (Lipinski definition) is 0. The Kier molecular flexibility index (Phi) is 36.8. The van der Waals surface area contributed by atoms with Gasteiger partial charge in [-0.3, -0.25) is 19.2 Å². The highest BCUT2D eigenvalue weighted by molar-refractivity contribution is 6.28. The van der Waals surface area contributed by atoms with Crippen molar-refractivity contribution in [3.63, 3.8) is 0 Å². The van der Waals surface area contributed by atoms with Crippen LogP contribution in [0.2, 0.25) is 0 Å². The molecular formula is C44H76O4. The first kappa shape index (κ1) is 51.9. The number of carbonyl (C=O) groups is 4. The molecule has 4 atom stereocenters.